The number of thiol groups is 2. The predicted molar refractivity (Wildman–Crippen MR) is 281 cm³/mol. The summed E-state index contributed by atoms with van der Waals surface area (Å²) in [4.78, 5) is 167. The van der Waals surface area contributed by atoms with Crippen LogP contribution in [-0.4, -0.2) is 219 Å². The lowest BCUT2D eigenvalue weighted by molar-refractivity contribution is -0.138. The third kappa shape index (κ3) is 26.3. The SMILES string of the molecule is CC[C@H](C)[C@H](NC(=O)[C@@H](NC(=O)CNC(=O)[C@H](CCCCN)NC(=O)[C@@H](NC(=O)[C@@H](N)CS)[C@@H](C)O)[C@@H](C)O)C(=O)N[C@H](C(=O)NCC(=O)N[C@@H](CC(N)=O)C(=O)N[C@H](C(=O)N[C@@H](CS)C(=O)NCC(=O)O)[C@@H](C)O)[C@@H](C)O. The van der Waals surface area contributed by atoms with E-state index in [1.807, 2.05) is 5.32 Å². The van der Waals surface area contributed by atoms with Crippen molar-refractivity contribution in [2.75, 3.05) is 37.7 Å². The Bertz CT molecular complexity index is 2090. The molecule has 0 aromatic heterocycles. The first-order valence-corrected chi connectivity index (χ1v) is 25.8. The number of aliphatic hydroxyl groups excluding tert-OH is 4. The third-order valence-electron chi connectivity index (χ3n) is 11.3. The quantitative estimate of drug-likeness (QED) is 0.0203. The van der Waals surface area contributed by atoms with Crippen molar-refractivity contribution in [3.05, 3.63) is 0 Å². The summed E-state index contributed by atoms with van der Waals surface area (Å²) in [7, 11) is 0. The van der Waals surface area contributed by atoms with Gasteiger partial charge in [-0.1, -0.05) is 20.3 Å². The van der Waals surface area contributed by atoms with Crippen LogP contribution in [0.5, 0.6) is 0 Å². The molecule has 0 radical (unpaired) electrons. The summed E-state index contributed by atoms with van der Waals surface area (Å²) in [5.74, 6) is -15.3. The van der Waals surface area contributed by atoms with Crippen molar-refractivity contribution in [2.45, 2.75) is 152 Å². The van der Waals surface area contributed by atoms with E-state index < -0.39 is 188 Å². The predicted octanol–water partition coefficient (Wildman–Crippen LogP) is -9.94. The average Bonchev–Trinajstić information content (AvgIpc) is 3.36. The zero-order valence-electron chi connectivity index (χ0n) is 44.0. The van der Waals surface area contributed by atoms with Crippen molar-refractivity contribution in [3.63, 3.8) is 0 Å². The minimum Gasteiger partial charge on any atom is -0.480 e. The summed E-state index contributed by atoms with van der Waals surface area (Å²) >= 11 is 7.88. The molecule has 0 saturated carbocycles. The van der Waals surface area contributed by atoms with Gasteiger partial charge in [0.05, 0.1) is 50.0 Å². The molecule has 34 heteroatoms. The maximum Gasteiger partial charge on any atom is 0.322 e. The van der Waals surface area contributed by atoms with E-state index in [1.54, 1.807) is 6.92 Å². The van der Waals surface area contributed by atoms with Crippen LogP contribution in [0.15, 0.2) is 0 Å². The van der Waals surface area contributed by atoms with E-state index in [2.05, 4.69) is 78.4 Å². The Kier molecular flexibility index (Phi) is 33.6. The number of aliphatic hydroxyl groups is 4. The van der Waals surface area contributed by atoms with Crippen molar-refractivity contribution in [2.24, 2.45) is 23.1 Å². The fourth-order valence-corrected chi connectivity index (χ4v) is 7.04. The number of nitrogens with one attached hydrogen (secondary N) is 11. The number of hydrogen-bond donors (Lipinski definition) is 21. The number of aliphatic carboxylic acids is 1. The molecule has 0 spiro atoms. The van der Waals surface area contributed by atoms with Gasteiger partial charge >= 0.3 is 5.97 Å². The Morgan fingerprint density at radius 2 is 0.859 bits per heavy atom. The molecule has 78 heavy (non-hydrogen) atoms. The van der Waals surface area contributed by atoms with Crippen LogP contribution in [0.25, 0.3) is 0 Å². The highest BCUT2D eigenvalue weighted by atomic mass is 32.1. The van der Waals surface area contributed by atoms with Gasteiger partial charge in [-0.15, -0.1) is 0 Å². The van der Waals surface area contributed by atoms with Crippen LogP contribution in [0.4, 0.5) is 0 Å². The summed E-state index contributed by atoms with van der Waals surface area (Å²) in [5.41, 5.74) is 16.5. The highest BCUT2D eigenvalue weighted by molar-refractivity contribution is 7.80. The van der Waals surface area contributed by atoms with Gasteiger partial charge in [0, 0.05) is 11.5 Å². The summed E-state index contributed by atoms with van der Waals surface area (Å²) in [6.45, 7) is 5.29. The number of carbonyl (C=O) groups is 13. The standard InChI is InChI=1S/C44H78N14O18S2/c1-7-18(2)31(55-44(76)33(20(4)60)54-29(65)14-48-37(69)24(10-8-9-11-45)52-42(74)34(21(5)61)56-36(68)23(46)16-77)41(73)58-32(19(3)59)40(72)49-13-28(64)51-25(12-27(47)63)39(71)57-35(22(6)62)43(75)53-26(17-78)38(70)50-15-30(66)67/h18-26,31-35,59-62,77-78H,7-17,45-46H2,1-6H3,(H2,47,63)(H,48,69)(H,49,72)(H,50,70)(H,51,64)(H,52,74)(H,53,75)(H,54,65)(H,55,76)(H,56,68)(H,57,71)(H,58,73)(H,66,67)/t18-,19+,20+,21+,22+,23-,24-,25-,26-,31-,32-,33-,34-,35-/m0/s1. The van der Waals surface area contributed by atoms with Gasteiger partial charge in [0.1, 0.15) is 54.9 Å². The lowest BCUT2D eigenvalue weighted by Gasteiger charge is -2.29. The largest absolute Gasteiger partial charge is 0.480 e. The minimum absolute atomic E-state index is 0.000841. The Labute approximate surface area is 460 Å². The Morgan fingerprint density at radius 1 is 0.462 bits per heavy atom. The van der Waals surface area contributed by atoms with Crippen LogP contribution >= 0.6 is 25.3 Å². The zero-order chi connectivity index (χ0) is 60.1. The second kappa shape index (κ2) is 36.6. The number of amides is 12. The second-order valence-corrected chi connectivity index (χ2v) is 18.8. The normalized spacial score (nSPS) is 16.4. The van der Waals surface area contributed by atoms with Gasteiger partial charge in [0.25, 0.3) is 0 Å². The van der Waals surface area contributed by atoms with Crippen LogP contribution in [-0.2, 0) is 62.3 Å². The smallest absolute Gasteiger partial charge is 0.322 e. The highest BCUT2D eigenvalue weighted by Gasteiger charge is 2.37. The van der Waals surface area contributed by atoms with Crippen LogP contribution in [0.2, 0.25) is 0 Å². The number of unbranched alkanes of at least 4 members (excludes halogenated alkanes) is 1. The Morgan fingerprint density at radius 3 is 1.32 bits per heavy atom. The monoisotopic (exact) mass is 1150 g/mol. The molecule has 0 fully saturated rings. The molecule has 0 bridgehead atoms. The van der Waals surface area contributed by atoms with Crippen LogP contribution in [0.3, 0.4) is 0 Å². The molecule has 0 heterocycles. The summed E-state index contributed by atoms with van der Waals surface area (Å²) in [6, 6.07) is -14.2. The molecule has 22 N–H and O–H groups in total. The van der Waals surface area contributed by atoms with Crippen molar-refractivity contribution in [3.8, 4) is 0 Å². The van der Waals surface area contributed by atoms with Gasteiger partial charge in [-0.25, -0.2) is 0 Å². The lowest BCUT2D eigenvalue weighted by atomic mass is 9.96. The number of rotatable bonds is 37. The average molecular weight is 1160 g/mol. The molecular weight excluding hydrogens is 1080 g/mol. The molecule has 14 atom stereocenters. The minimum atomic E-state index is -1.84. The molecular formula is C44H78N14O18S2. The first kappa shape index (κ1) is 71.6. The third-order valence-corrected chi connectivity index (χ3v) is 12.1. The van der Waals surface area contributed by atoms with Crippen molar-refractivity contribution < 1.29 is 87.9 Å². The molecule has 12 amide bonds. The van der Waals surface area contributed by atoms with Gasteiger partial charge in [-0.05, 0) is 59.4 Å². The highest BCUT2D eigenvalue weighted by Crippen LogP contribution is 2.11. The number of carbonyl (C=O) groups excluding carboxylic acids is 12. The van der Waals surface area contributed by atoms with Crippen molar-refractivity contribution in [1.29, 1.82) is 0 Å². The summed E-state index contributed by atoms with van der Waals surface area (Å²) in [6.07, 6.45) is -6.34. The van der Waals surface area contributed by atoms with E-state index in [0.29, 0.717) is 12.8 Å². The molecule has 0 aromatic carbocycles. The van der Waals surface area contributed by atoms with Gasteiger partial charge < -0.3 is 101 Å². The zero-order valence-corrected chi connectivity index (χ0v) is 45.8. The molecule has 0 aliphatic heterocycles. The topological polar surface area (TPSA) is 533 Å². The number of primary amides is 1. The first-order chi connectivity index (χ1) is 36.4. The Hall–Kier alpha value is -6.43. The fourth-order valence-electron chi connectivity index (χ4n) is 6.62. The van der Waals surface area contributed by atoms with Gasteiger partial charge in [0.15, 0.2) is 0 Å². The maximum absolute atomic E-state index is 13.8. The first-order valence-electron chi connectivity index (χ1n) is 24.5. The molecule has 0 unspecified atom stereocenters. The van der Waals surface area contributed by atoms with Crippen LogP contribution in [0.1, 0.15) is 73.6 Å². The molecule has 0 aliphatic carbocycles. The lowest BCUT2D eigenvalue weighted by Crippen LogP contribution is -2.62. The molecule has 0 aromatic rings. The number of nitrogens with two attached hydrogens (primary N) is 3. The summed E-state index contributed by atoms with van der Waals surface area (Å²) in [5, 5.41) is 74.9. The fraction of sp³-hybridized carbons (Fsp3) is 0.705. The molecule has 444 valence electrons. The molecule has 0 saturated heterocycles. The van der Waals surface area contributed by atoms with E-state index in [0.717, 1.165) is 20.8 Å². The number of carboxylic acid groups (broad SMARTS) is 1. The van der Waals surface area contributed by atoms with E-state index in [-0.39, 0.29) is 30.9 Å². The number of carboxylic acids is 1. The van der Waals surface area contributed by atoms with E-state index >= 15 is 0 Å². The Balaban J connectivity index is 6.04. The van der Waals surface area contributed by atoms with E-state index in [1.165, 1.54) is 13.8 Å². The second-order valence-electron chi connectivity index (χ2n) is 18.1. The van der Waals surface area contributed by atoms with Gasteiger partial charge in [0.2, 0.25) is 70.9 Å². The van der Waals surface area contributed by atoms with E-state index in [9.17, 15) is 82.8 Å². The number of hydrogen-bond acceptors (Lipinski definition) is 21. The molecule has 0 rings (SSSR count). The van der Waals surface area contributed by atoms with Crippen molar-refractivity contribution in [1.82, 2.24) is 58.5 Å². The van der Waals surface area contributed by atoms with Gasteiger partial charge in [-0.3, -0.25) is 62.3 Å². The molecule has 32 nitrogen and oxygen atoms in total. The maximum atomic E-state index is 13.8. The van der Waals surface area contributed by atoms with E-state index in [4.69, 9.17) is 22.3 Å². The van der Waals surface area contributed by atoms with Crippen LogP contribution < -0.4 is 75.7 Å². The van der Waals surface area contributed by atoms with Crippen LogP contribution in [0, 0.1) is 5.92 Å². The van der Waals surface area contributed by atoms with Crippen molar-refractivity contribution >= 4 is 102 Å². The summed E-state index contributed by atoms with van der Waals surface area (Å²) < 4.78 is 0. The molecule has 0 aliphatic rings. The van der Waals surface area contributed by atoms with Gasteiger partial charge in [-0.2, -0.15) is 25.3 Å².